The van der Waals surface area contributed by atoms with E-state index in [9.17, 15) is 30.5 Å². The predicted octanol–water partition coefficient (Wildman–Crippen LogP) is 10.6. The Balaban J connectivity index is 1.94. The van der Waals surface area contributed by atoms with Gasteiger partial charge in [0.25, 0.3) is 10.0 Å². The maximum Gasteiger partial charge on any atom is 0.417 e. The quantitative estimate of drug-likeness (QED) is 0.165. The highest BCUT2D eigenvalue weighted by Crippen LogP contribution is 2.59. The van der Waals surface area contributed by atoms with Gasteiger partial charge in [-0.05, 0) is 98.3 Å². The summed E-state index contributed by atoms with van der Waals surface area (Å²) in [6.45, 7) is 18.7. The molecule has 1 aromatic heterocycles. The number of esters is 1. The van der Waals surface area contributed by atoms with E-state index >= 15 is 0 Å². The van der Waals surface area contributed by atoms with Crippen LogP contribution in [0.15, 0.2) is 77.2 Å². The van der Waals surface area contributed by atoms with Gasteiger partial charge in [0, 0.05) is 27.8 Å². The molecule has 2 heterocycles. The topological polar surface area (TPSA) is 94.6 Å². The molecule has 0 aliphatic carbocycles. The van der Waals surface area contributed by atoms with E-state index in [-0.39, 0.29) is 22.6 Å². The van der Waals surface area contributed by atoms with Crippen LogP contribution in [-0.4, -0.2) is 32.1 Å². The Labute approximate surface area is 318 Å². The number of nitrogens with zero attached hydrogens (tertiary/aromatic N) is 1. The van der Waals surface area contributed by atoms with Crippen molar-refractivity contribution in [2.45, 2.75) is 118 Å². The van der Waals surface area contributed by atoms with Crippen molar-refractivity contribution < 1.29 is 40.0 Å². The third-order valence-corrected chi connectivity index (χ3v) is 12.3. The number of aryl methyl sites for hydroxylation is 2. The molecule has 4 rings (SSSR count). The van der Waals surface area contributed by atoms with Gasteiger partial charge >= 0.3 is 12.1 Å². The number of nitrogens with one attached hydrogen (secondary N) is 1. The normalized spacial score (nSPS) is 21.4. The molecular weight excluding hydrogens is 702 g/mol. The zero-order chi connectivity index (χ0) is 42.4. The molecule has 7 nitrogen and oxygen atoms in total. The smallest absolute Gasteiger partial charge is 0.417 e. The molecule has 0 saturated carbocycles. The lowest BCUT2D eigenvalue weighted by atomic mass is 9.56. The van der Waals surface area contributed by atoms with Crippen molar-refractivity contribution in [1.82, 2.24) is 4.98 Å². The molecule has 3 aromatic rings. The summed E-state index contributed by atoms with van der Waals surface area (Å²) < 4.78 is 111. The molecule has 0 amide bonds. The average molecular weight is 760 g/mol. The molecule has 4 atom stereocenters. The Bertz CT molecular complexity index is 2080. The summed E-state index contributed by atoms with van der Waals surface area (Å²) in [4.78, 5) is 18.5. The van der Waals surface area contributed by atoms with E-state index in [1.165, 1.54) is 20.1 Å². The standard InChI is InChI=1S/C42H55F3N2O5S/c1-12-15-28(5)41(29(6)23-30-19-18-26(3)27(4)22-30)40(9,10)37(51-11)35(38(48)52-41)36(39(7,8)13-2)31-16-14-17-33(24-31)47-53(49,50)34-21-20-32(25-46-34)42(43,44)45/h14,16-22,24-25,28-29,36,47H,12-13,15,23H2,1-11H3/t28?,29?,36-,41-/m1/s1/i23D2,29D. The van der Waals surface area contributed by atoms with Gasteiger partial charge in [0.2, 0.25) is 0 Å². The van der Waals surface area contributed by atoms with Crippen molar-refractivity contribution in [3.05, 3.63) is 99.9 Å². The Morgan fingerprint density at radius 3 is 2.26 bits per heavy atom. The number of hydrogen-bond acceptors (Lipinski definition) is 6. The highest BCUT2D eigenvalue weighted by molar-refractivity contribution is 7.92. The number of rotatable bonds is 14. The molecule has 1 aliphatic heterocycles. The maximum atomic E-state index is 15.0. The number of cyclic esters (lactones) is 1. The van der Waals surface area contributed by atoms with Gasteiger partial charge in [0.15, 0.2) is 5.03 Å². The zero-order valence-electron chi connectivity index (χ0n) is 35.6. The first-order valence-corrected chi connectivity index (χ1v) is 19.4. The molecular formula is C42H55F3N2O5S. The average Bonchev–Trinajstić information content (AvgIpc) is 3.10. The first-order valence-electron chi connectivity index (χ1n) is 19.4. The Hall–Kier alpha value is -3.86. The minimum absolute atomic E-state index is 0.0790. The van der Waals surface area contributed by atoms with Crippen LogP contribution in [0.25, 0.3) is 0 Å². The second-order valence-electron chi connectivity index (χ2n) is 15.3. The first kappa shape index (κ1) is 37.5. The summed E-state index contributed by atoms with van der Waals surface area (Å²) in [6, 6.07) is 13.0. The van der Waals surface area contributed by atoms with Crippen LogP contribution >= 0.6 is 0 Å². The molecule has 0 saturated heterocycles. The van der Waals surface area contributed by atoms with Crippen LogP contribution < -0.4 is 4.72 Å². The van der Waals surface area contributed by atoms with Gasteiger partial charge in [-0.2, -0.15) is 21.6 Å². The fraction of sp³-hybridized carbons (Fsp3) is 0.524. The van der Waals surface area contributed by atoms with Gasteiger partial charge in [0.1, 0.15) is 11.4 Å². The van der Waals surface area contributed by atoms with Crippen LogP contribution in [-0.2, 0) is 36.8 Å². The van der Waals surface area contributed by atoms with Crippen molar-refractivity contribution >= 4 is 21.7 Å². The Morgan fingerprint density at radius 2 is 1.72 bits per heavy atom. The van der Waals surface area contributed by atoms with Crippen LogP contribution in [0.3, 0.4) is 0 Å². The Morgan fingerprint density at radius 1 is 1.04 bits per heavy atom. The number of methoxy groups -OCH3 is 1. The maximum absolute atomic E-state index is 15.0. The second kappa shape index (κ2) is 15.5. The summed E-state index contributed by atoms with van der Waals surface area (Å²) in [6.07, 6.45) is -4.83. The van der Waals surface area contributed by atoms with Crippen molar-refractivity contribution in [3.8, 4) is 0 Å². The zero-order valence-corrected chi connectivity index (χ0v) is 33.4. The lowest BCUT2D eigenvalue weighted by Gasteiger charge is -2.57. The van der Waals surface area contributed by atoms with Gasteiger partial charge in [-0.3, -0.25) is 4.72 Å². The molecule has 1 aliphatic rings. The molecule has 1 N–H and O–H groups in total. The molecule has 290 valence electrons. The van der Waals surface area contributed by atoms with Crippen LogP contribution in [0.1, 0.15) is 112 Å². The van der Waals surface area contributed by atoms with Gasteiger partial charge in [0.05, 0.1) is 23.7 Å². The number of anilines is 1. The summed E-state index contributed by atoms with van der Waals surface area (Å²) in [7, 11) is -2.98. The Kier molecular flexibility index (Phi) is 10.9. The van der Waals surface area contributed by atoms with E-state index in [0.29, 0.717) is 37.1 Å². The van der Waals surface area contributed by atoms with Crippen LogP contribution in [0, 0.1) is 36.5 Å². The minimum Gasteiger partial charge on any atom is -0.500 e. The van der Waals surface area contributed by atoms with E-state index in [1.807, 2.05) is 68.4 Å². The third-order valence-electron chi connectivity index (χ3n) is 11.0. The van der Waals surface area contributed by atoms with Gasteiger partial charge in [-0.25, -0.2) is 9.78 Å². The second-order valence-corrected chi connectivity index (χ2v) is 17.0. The third kappa shape index (κ3) is 8.15. The van der Waals surface area contributed by atoms with Crippen LogP contribution in [0.4, 0.5) is 18.9 Å². The monoisotopic (exact) mass is 759 g/mol. The molecule has 0 fully saturated rings. The van der Waals surface area contributed by atoms with Crippen LogP contribution in [0.2, 0.25) is 0 Å². The molecule has 0 radical (unpaired) electrons. The highest BCUT2D eigenvalue weighted by atomic mass is 32.2. The van der Waals surface area contributed by atoms with Crippen molar-refractivity contribution in [3.63, 3.8) is 0 Å². The van der Waals surface area contributed by atoms with E-state index in [2.05, 4.69) is 9.71 Å². The lowest BCUT2D eigenvalue weighted by Crippen LogP contribution is -2.62. The highest BCUT2D eigenvalue weighted by Gasteiger charge is 2.62. The largest absolute Gasteiger partial charge is 0.500 e. The molecule has 53 heavy (non-hydrogen) atoms. The number of carbonyl (C=O) groups is 1. The SMILES string of the molecule is [2H]C([2H])(c1ccc(C)c(C)c1)C([2H])(C)[C@@]1(C(C)CCC)OC(=O)C([C@@H](c2cccc(NS(=O)(=O)c3ccc(C(F)(F)F)cn3)c2)C(C)(C)CC)=C(OC)C1(C)C. The first-order chi connectivity index (χ1) is 25.7. The molecule has 2 aromatic carbocycles. The summed E-state index contributed by atoms with van der Waals surface area (Å²) in [5.41, 5.74) is -1.95. The number of aromatic nitrogens is 1. The van der Waals surface area contributed by atoms with Gasteiger partial charge in [-0.1, -0.05) is 84.7 Å². The minimum atomic E-state index is -4.69. The van der Waals surface area contributed by atoms with Crippen molar-refractivity contribution in [2.24, 2.45) is 22.6 Å². The number of carbonyl (C=O) groups excluding carboxylic acids is 1. The van der Waals surface area contributed by atoms with E-state index in [1.54, 1.807) is 30.3 Å². The number of hydrogen-bond donors (Lipinski definition) is 1. The fourth-order valence-electron chi connectivity index (χ4n) is 7.85. The number of ether oxygens (including phenoxy) is 2. The fourth-order valence-corrected chi connectivity index (χ4v) is 8.83. The number of pyridine rings is 1. The van der Waals surface area contributed by atoms with E-state index in [4.69, 9.17) is 9.47 Å². The molecule has 11 heteroatoms. The lowest BCUT2D eigenvalue weighted by molar-refractivity contribution is -0.206. The van der Waals surface area contributed by atoms with Gasteiger partial charge in [-0.15, -0.1) is 0 Å². The summed E-state index contributed by atoms with van der Waals surface area (Å²) in [5, 5.41) is -0.611. The number of alkyl halides is 3. The number of sulfonamides is 1. The summed E-state index contributed by atoms with van der Waals surface area (Å²) in [5.74, 6) is -3.90. The van der Waals surface area contributed by atoms with E-state index < -0.39 is 73.3 Å². The molecule has 2 unspecified atom stereocenters. The van der Waals surface area contributed by atoms with Crippen molar-refractivity contribution in [1.29, 1.82) is 0 Å². The summed E-state index contributed by atoms with van der Waals surface area (Å²) >= 11 is 0. The van der Waals surface area contributed by atoms with Gasteiger partial charge < -0.3 is 9.47 Å². The number of halogens is 3. The molecule has 0 spiro atoms. The van der Waals surface area contributed by atoms with Crippen molar-refractivity contribution in [2.75, 3.05) is 11.8 Å². The predicted molar refractivity (Wildman–Crippen MR) is 203 cm³/mol. The molecule has 0 bridgehead atoms. The van der Waals surface area contributed by atoms with Crippen LogP contribution in [0.5, 0.6) is 0 Å². The number of benzene rings is 2. The van der Waals surface area contributed by atoms with E-state index in [0.717, 1.165) is 17.2 Å².